The van der Waals surface area contributed by atoms with Crippen LogP contribution in [0.25, 0.3) is 11.0 Å². The molecule has 1 aliphatic rings. The van der Waals surface area contributed by atoms with Gasteiger partial charge >= 0.3 is 6.03 Å². The van der Waals surface area contributed by atoms with Crippen molar-refractivity contribution in [2.45, 2.75) is 57.4 Å². The second-order valence-electron chi connectivity index (χ2n) is 7.14. The Bertz CT molecular complexity index is 719. The predicted molar refractivity (Wildman–Crippen MR) is 105 cm³/mol. The van der Waals surface area contributed by atoms with E-state index in [1.165, 1.54) is 19.3 Å². The first-order valence-corrected chi connectivity index (χ1v) is 9.95. The van der Waals surface area contributed by atoms with Gasteiger partial charge in [-0.3, -0.25) is 4.79 Å². The standard InChI is InChI=1S/C20H29N5O2/c26-19(12-14-22-20(27)23-15-7-2-1-3-8-15)21-13-6-11-18-24-16-9-4-5-10-17(16)25-18/h4-5,9-10,15H,1-3,6-8,11-14H2,(H,21,26)(H,24,25)(H2,22,23,27). The fourth-order valence-electron chi connectivity index (χ4n) is 3.47. The van der Waals surface area contributed by atoms with E-state index in [0.29, 0.717) is 19.5 Å². The summed E-state index contributed by atoms with van der Waals surface area (Å²) in [6.45, 7) is 0.956. The molecule has 1 heterocycles. The monoisotopic (exact) mass is 371 g/mol. The van der Waals surface area contributed by atoms with E-state index in [4.69, 9.17) is 0 Å². The van der Waals surface area contributed by atoms with Crippen LogP contribution in [0, 0.1) is 0 Å². The predicted octanol–water partition coefficient (Wildman–Crippen LogP) is 2.63. The summed E-state index contributed by atoms with van der Waals surface area (Å²) >= 11 is 0. The maximum atomic E-state index is 11.9. The summed E-state index contributed by atoms with van der Waals surface area (Å²) in [7, 11) is 0. The molecule has 0 aliphatic heterocycles. The average molecular weight is 371 g/mol. The third-order valence-electron chi connectivity index (χ3n) is 4.93. The van der Waals surface area contributed by atoms with E-state index in [0.717, 1.165) is 42.5 Å². The fourth-order valence-corrected chi connectivity index (χ4v) is 3.47. The van der Waals surface area contributed by atoms with E-state index in [1.807, 2.05) is 24.3 Å². The minimum Gasteiger partial charge on any atom is -0.356 e. The molecule has 1 aliphatic carbocycles. The van der Waals surface area contributed by atoms with Gasteiger partial charge in [0, 0.05) is 32.0 Å². The Labute approximate surface area is 159 Å². The van der Waals surface area contributed by atoms with Crippen molar-refractivity contribution in [2.24, 2.45) is 0 Å². The number of nitrogens with zero attached hydrogens (tertiary/aromatic N) is 1. The fraction of sp³-hybridized carbons (Fsp3) is 0.550. The van der Waals surface area contributed by atoms with Crippen LogP contribution in [0.1, 0.15) is 50.8 Å². The van der Waals surface area contributed by atoms with Crippen LogP contribution in [0.3, 0.4) is 0 Å². The normalized spacial score (nSPS) is 14.8. The summed E-state index contributed by atoms with van der Waals surface area (Å²) in [5.41, 5.74) is 2.00. The van der Waals surface area contributed by atoms with Gasteiger partial charge in [0.15, 0.2) is 0 Å². The number of carbonyl (C=O) groups is 2. The molecule has 27 heavy (non-hydrogen) atoms. The van der Waals surface area contributed by atoms with E-state index in [9.17, 15) is 9.59 Å². The molecule has 0 spiro atoms. The lowest BCUT2D eigenvalue weighted by Gasteiger charge is -2.22. The second-order valence-corrected chi connectivity index (χ2v) is 7.14. The van der Waals surface area contributed by atoms with Gasteiger partial charge in [-0.05, 0) is 31.4 Å². The molecule has 7 heteroatoms. The SMILES string of the molecule is O=C(CCNC(=O)NC1CCCCC1)NCCCc1nc2ccccc2[nH]1. The highest BCUT2D eigenvalue weighted by atomic mass is 16.2. The number of aromatic amines is 1. The number of urea groups is 1. The highest BCUT2D eigenvalue weighted by Gasteiger charge is 2.15. The van der Waals surface area contributed by atoms with Gasteiger partial charge in [0.05, 0.1) is 11.0 Å². The van der Waals surface area contributed by atoms with Gasteiger partial charge < -0.3 is 20.9 Å². The molecule has 3 rings (SSSR count). The zero-order valence-corrected chi connectivity index (χ0v) is 15.7. The number of carbonyl (C=O) groups excluding carboxylic acids is 2. The molecule has 146 valence electrons. The number of fused-ring (bicyclic) bond motifs is 1. The van der Waals surface area contributed by atoms with Crippen molar-refractivity contribution in [3.8, 4) is 0 Å². The van der Waals surface area contributed by atoms with Gasteiger partial charge in [-0.2, -0.15) is 0 Å². The Morgan fingerprint density at radius 1 is 1.07 bits per heavy atom. The molecule has 4 N–H and O–H groups in total. The molecule has 1 fully saturated rings. The number of H-pyrrole nitrogens is 1. The minimum absolute atomic E-state index is 0.0439. The molecule has 3 amide bonds. The first-order valence-electron chi connectivity index (χ1n) is 9.95. The molecule has 7 nitrogen and oxygen atoms in total. The van der Waals surface area contributed by atoms with Gasteiger partial charge in [-0.15, -0.1) is 0 Å². The summed E-state index contributed by atoms with van der Waals surface area (Å²) < 4.78 is 0. The average Bonchev–Trinajstić information content (AvgIpc) is 3.09. The molecule has 1 saturated carbocycles. The van der Waals surface area contributed by atoms with Gasteiger partial charge in [0.25, 0.3) is 0 Å². The molecule has 0 atom stereocenters. The topological polar surface area (TPSA) is 98.9 Å². The Hall–Kier alpha value is -2.57. The van der Waals surface area contributed by atoms with Crippen molar-refractivity contribution < 1.29 is 9.59 Å². The number of benzene rings is 1. The maximum absolute atomic E-state index is 11.9. The number of aryl methyl sites for hydroxylation is 1. The summed E-state index contributed by atoms with van der Waals surface area (Å²) in [5, 5.41) is 8.64. The number of nitrogens with one attached hydrogen (secondary N) is 4. The zero-order valence-electron chi connectivity index (χ0n) is 15.7. The van der Waals surface area contributed by atoms with Gasteiger partial charge in [0.2, 0.25) is 5.91 Å². The Balaban J connectivity index is 1.24. The second kappa shape index (κ2) is 9.94. The van der Waals surface area contributed by atoms with Crippen LogP contribution < -0.4 is 16.0 Å². The first-order chi connectivity index (χ1) is 13.2. The third-order valence-corrected chi connectivity index (χ3v) is 4.93. The number of amides is 3. The third kappa shape index (κ3) is 6.27. The summed E-state index contributed by atoms with van der Waals surface area (Å²) in [6.07, 6.45) is 7.64. The maximum Gasteiger partial charge on any atom is 0.315 e. The van der Waals surface area contributed by atoms with E-state index in [2.05, 4.69) is 25.9 Å². The van der Waals surface area contributed by atoms with Crippen LogP contribution in [0.2, 0.25) is 0 Å². The van der Waals surface area contributed by atoms with Crippen LogP contribution in [-0.4, -0.2) is 41.0 Å². The van der Waals surface area contributed by atoms with E-state index < -0.39 is 0 Å². The molecule has 2 aromatic rings. The molecule has 0 radical (unpaired) electrons. The lowest BCUT2D eigenvalue weighted by atomic mass is 9.96. The van der Waals surface area contributed by atoms with E-state index in [-0.39, 0.29) is 18.0 Å². The highest BCUT2D eigenvalue weighted by Crippen LogP contribution is 2.17. The number of imidazole rings is 1. The molecule has 1 aromatic heterocycles. The molecule has 0 bridgehead atoms. The number of para-hydroxylation sites is 2. The minimum atomic E-state index is -0.167. The van der Waals surface area contributed by atoms with Crippen molar-refractivity contribution in [2.75, 3.05) is 13.1 Å². The zero-order chi connectivity index (χ0) is 18.9. The smallest absolute Gasteiger partial charge is 0.315 e. The van der Waals surface area contributed by atoms with Crippen LogP contribution in [-0.2, 0) is 11.2 Å². The van der Waals surface area contributed by atoms with Crippen LogP contribution in [0.4, 0.5) is 4.79 Å². The Morgan fingerprint density at radius 3 is 2.70 bits per heavy atom. The van der Waals surface area contributed by atoms with E-state index in [1.54, 1.807) is 0 Å². The lowest BCUT2D eigenvalue weighted by Crippen LogP contribution is -2.43. The highest BCUT2D eigenvalue weighted by molar-refractivity contribution is 5.78. The van der Waals surface area contributed by atoms with Crippen LogP contribution >= 0.6 is 0 Å². The number of aromatic nitrogens is 2. The molecular weight excluding hydrogens is 342 g/mol. The quantitative estimate of drug-likeness (QED) is 0.537. The molecule has 0 unspecified atom stereocenters. The first kappa shape index (κ1) is 19.2. The van der Waals surface area contributed by atoms with Crippen molar-refractivity contribution >= 4 is 23.0 Å². The number of hydrogen-bond donors (Lipinski definition) is 4. The molecule has 1 aromatic carbocycles. The van der Waals surface area contributed by atoms with Gasteiger partial charge in [-0.1, -0.05) is 31.4 Å². The Morgan fingerprint density at radius 2 is 1.89 bits per heavy atom. The van der Waals surface area contributed by atoms with Crippen molar-refractivity contribution in [1.82, 2.24) is 25.9 Å². The molecule has 0 saturated heterocycles. The molecular formula is C20H29N5O2. The van der Waals surface area contributed by atoms with E-state index >= 15 is 0 Å². The number of hydrogen-bond acceptors (Lipinski definition) is 3. The lowest BCUT2D eigenvalue weighted by molar-refractivity contribution is -0.120. The van der Waals surface area contributed by atoms with Gasteiger partial charge in [-0.25, -0.2) is 9.78 Å². The summed E-state index contributed by atoms with van der Waals surface area (Å²) in [6, 6.07) is 8.05. The van der Waals surface area contributed by atoms with Crippen molar-refractivity contribution in [3.05, 3.63) is 30.1 Å². The van der Waals surface area contributed by atoms with Crippen molar-refractivity contribution in [1.29, 1.82) is 0 Å². The van der Waals surface area contributed by atoms with Crippen molar-refractivity contribution in [3.63, 3.8) is 0 Å². The summed E-state index contributed by atoms with van der Waals surface area (Å²) in [4.78, 5) is 31.5. The largest absolute Gasteiger partial charge is 0.356 e. The van der Waals surface area contributed by atoms with Crippen LogP contribution in [0.5, 0.6) is 0 Å². The van der Waals surface area contributed by atoms with Crippen LogP contribution in [0.15, 0.2) is 24.3 Å². The summed E-state index contributed by atoms with van der Waals surface area (Å²) in [5.74, 6) is 0.893. The van der Waals surface area contributed by atoms with Gasteiger partial charge in [0.1, 0.15) is 5.82 Å². The number of rotatable bonds is 8. The Kier molecular flexibility index (Phi) is 7.07.